The molecule has 3 nitrogen and oxygen atoms in total. The Morgan fingerprint density at radius 3 is 2.83 bits per heavy atom. The number of H-pyrrole nitrogens is 1. The summed E-state index contributed by atoms with van der Waals surface area (Å²) >= 11 is 5.54. The Morgan fingerprint density at radius 1 is 1.67 bits per heavy atom. The lowest BCUT2D eigenvalue weighted by atomic mass is 10.1. The van der Waals surface area contributed by atoms with E-state index in [-0.39, 0.29) is 17.4 Å². The van der Waals surface area contributed by atoms with E-state index in [0.717, 1.165) is 5.69 Å². The summed E-state index contributed by atoms with van der Waals surface area (Å²) in [5.41, 5.74) is 0.652. The van der Waals surface area contributed by atoms with E-state index in [0.29, 0.717) is 5.82 Å². The van der Waals surface area contributed by atoms with Crippen LogP contribution in [0, 0.1) is 0 Å². The molecule has 0 radical (unpaired) electrons. The molecule has 66 valence electrons. The highest BCUT2D eigenvalue weighted by molar-refractivity contribution is 6.16. The molecule has 0 amide bonds. The van der Waals surface area contributed by atoms with Crippen molar-refractivity contribution in [3.8, 4) is 0 Å². The van der Waals surface area contributed by atoms with Crippen LogP contribution in [0.1, 0.15) is 31.3 Å². The lowest BCUT2D eigenvalue weighted by molar-refractivity contribution is 0.792. The Bertz CT molecular complexity index is 319. The highest BCUT2D eigenvalue weighted by atomic mass is 35.5. The van der Waals surface area contributed by atoms with Gasteiger partial charge in [0, 0.05) is 6.07 Å². The molecule has 0 fully saturated rings. The topological polar surface area (TPSA) is 45.8 Å². The summed E-state index contributed by atoms with van der Waals surface area (Å²) in [6, 6.07) is 1.50. The second-order valence-electron chi connectivity index (χ2n) is 2.91. The van der Waals surface area contributed by atoms with Gasteiger partial charge < -0.3 is 4.98 Å². The van der Waals surface area contributed by atoms with Crippen LogP contribution >= 0.6 is 11.6 Å². The zero-order valence-electron chi connectivity index (χ0n) is 7.10. The molecule has 0 aliphatic heterocycles. The van der Waals surface area contributed by atoms with Crippen LogP contribution in [0.25, 0.3) is 0 Å². The predicted octanol–water partition coefficient (Wildman–Crippen LogP) is 1.63. The highest BCUT2D eigenvalue weighted by Crippen LogP contribution is 2.08. The molecule has 0 atom stereocenters. The van der Waals surface area contributed by atoms with Crippen LogP contribution in [0.4, 0.5) is 0 Å². The molecule has 4 heteroatoms. The van der Waals surface area contributed by atoms with Gasteiger partial charge in [0.05, 0.1) is 11.6 Å². The van der Waals surface area contributed by atoms with Crippen molar-refractivity contribution in [2.45, 2.75) is 25.6 Å². The summed E-state index contributed by atoms with van der Waals surface area (Å²) in [5.74, 6) is 1.04. The van der Waals surface area contributed by atoms with Gasteiger partial charge in [-0.25, -0.2) is 4.98 Å². The molecule has 0 unspecified atom stereocenters. The number of halogens is 1. The maximum atomic E-state index is 11.0. The predicted molar refractivity (Wildman–Crippen MR) is 48.5 cm³/mol. The lowest BCUT2D eigenvalue weighted by Gasteiger charge is -2.03. The van der Waals surface area contributed by atoms with Crippen molar-refractivity contribution in [3.05, 3.63) is 27.9 Å². The van der Waals surface area contributed by atoms with Crippen molar-refractivity contribution >= 4 is 11.6 Å². The molecular formula is C8H11ClN2O. The van der Waals surface area contributed by atoms with Gasteiger partial charge in [-0.15, -0.1) is 11.6 Å². The van der Waals surface area contributed by atoms with E-state index >= 15 is 0 Å². The number of hydrogen-bond donors (Lipinski definition) is 1. The summed E-state index contributed by atoms with van der Waals surface area (Å²) in [4.78, 5) is 17.7. The van der Waals surface area contributed by atoms with E-state index < -0.39 is 0 Å². The van der Waals surface area contributed by atoms with Crippen molar-refractivity contribution in [1.29, 1.82) is 0 Å². The number of nitrogens with one attached hydrogen (secondary N) is 1. The first kappa shape index (κ1) is 9.26. The molecule has 1 aromatic rings. The molecule has 0 aliphatic carbocycles. The van der Waals surface area contributed by atoms with Crippen LogP contribution in [-0.4, -0.2) is 9.97 Å². The third kappa shape index (κ3) is 2.08. The van der Waals surface area contributed by atoms with Crippen molar-refractivity contribution < 1.29 is 0 Å². The number of hydrogen-bond acceptors (Lipinski definition) is 2. The van der Waals surface area contributed by atoms with Crippen LogP contribution in [-0.2, 0) is 5.88 Å². The quantitative estimate of drug-likeness (QED) is 0.714. The minimum Gasteiger partial charge on any atom is -0.310 e. The molecule has 12 heavy (non-hydrogen) atoms. The summed E-state index contributed by atoms with van der Waals surface area (Å²) in [6.07, 6.45) is 0. The van der Waals surface area contributed by atoms with Crippen LogP contribution in [0.5, 0.6) is 0 Å². The first-order chi connectivity index (χ1) is 5.63. The van der Waals surface area contributed by atoms with Crippen LogP contribution < -0.4 is 5.56 Å². The fraction of sp³-hybridized carbons (Fsp3) is 0.500. The minimum absolute atomic E-state index is 0.135. The van der Waals surface area contributed by atoms with Crippen LogP contribution in [0.3, 0.4) is 0 Å². The first-order valence-electron chi connectivity index (χ1n) is 3.79. The average molecular weight is 187 g/mol. The first-order valence-corrected chi connectivity index (χ1v) is 4.33. The van der Waals surface area contributed by atoms with Crippen molar-refractivity contribution in [2.75, 3.05) is 0 Å². The second kappa shape index (κ2) is 3.72. The molecule has 0 aromatic carbocycles. The highest BCUT2D eigenvalue weighted by Gasteiger charge is 2.03. The van der Waals surface area contributed by atoms with Crippen molar-refractivity contribution in [3.63, 3.8) is 0 Å². The Balaban J connectivity index is 3.15. The van der Waals surface area contributed by atoms with Gasteiger partial charge in [-0.1, -0.05) is 13.8 Å². The Hall–Kier alpha value is -0.830. The minimum atomic E-state index is -0.135. The van der Waals surface area contributed by atoms with Gasteiger partial charge >= 0.3 is 0 Å². The SMILES string of the molecule is CC(C)c1cc(=O)[nH]c(CCl)n1. The Morgan fingerprint density at radius 2 is 2.33 bits per heavy atom. The molecule has 1 rings (SSSR count). The van der Waals surface area contributed by atoms with E-state index in [1.807, 2.05) is 13.8 Å². The summed E-state index contributed by atoms with van der Waals surface area (Å²) in [6.45, 7) is 3.97. The molecule has 0 bridgehead atoms. The van der Waals surface area contributed by atoms with E-state index in [1.165, 1.54) is 6.07 Å². The molecular weight excluding hydrogens is 176 g/mol. The second-order valence-corrected chi connectivity index (χ2v) is 3.17. The third-order valence-electron chi connectivity index (χ3n) is 1.53. The fourth-order valence-corrected chi connectivity index (χ4v) is 1.01. The van der Waals surface area contributed by atoms with E-state index in [4.69, 9.17) is 11.6 Å². The van der Waals surface area contributed by atoms with Crippen LogP contribution in [0.15, 0.2) is 10.9 Å². The van der Waals surface area contributed by atoms with Crippen molar-refractivity contribution in [2.24, 2.45) is 0 Å². The summed E-state index contributed by atoms with van der Waals surface area (Å²) in [7, 11) is 0. The lowest BCUT2D eigenvalue weighted by Crippen LogP contribution is -2.12. The Labute approximate surface area is 75.8 Å². The monoisotopic (exact) mass is 186 g/mol. The Kier molecular flexibility index (Phi) is 2.87. The van der Waals surface area contributed by atoms with Gasteiger partial charge in [-0.2, -0.15) is 0 Å². The number of aromatic nitrogens is 2. The maximum absolute atomic E-state index is 11.0. The molecule has 1 aromatic heterocycles. The van der Waals surface area contributed by atoms with E-state index in [1.54, 1.807) is 0 Å². The molecule has 0 aliphatic rings. The third-order valence-corrected chi connectivity index (χ3v) is 1.78. The summed E-state index contributed by atoms with van der Waals surface area (Å²) in [5, 5.41) is 0. The smallest absolute Gasteiger partial charge is 0.251 e. The van der Waals surface area contributed by atoms with E-state index in [9.17, 15) is 4.79 Å². The fourth-order valence-electron chi connectivity index (χ4n) is 0.888. The number of nitrogens with zero attached hydrogens (tertiary/aromatic N) is 1. The maximum Gasteiger partial charge on any atom is 0.251 e. The van der Waals surface area contributed by atoms with Gasteiger partial charge in [0.15, 0.2) is 0 Å². The van der Waals surface area contributed by atoms with Crippen molar-refractivity contribution in [1.82, 2.24) is 9.97 Å². The van der Waals surface area contributed by atoms with Gasteiger partial charge in [-0.05, 0) is 5.92 Å². The normalized spacial score (nSPS) is 10.7. The largest absolute Gasteiger partial charge is 0.310 e. The van der Waals surface area contributed by atoms with Gasteiger partial charge in [-0.3, -0.25) is 4.79 Å². The zero-order valence-corrected chi connectivity index (χ0v) is 7.85. The number of rotatable bonds is 2. The van der Waals surface area contributed by atoms with Gasteiger partial charge in [0.25, 0.3) is 5.56 Å². The summed E-state index contributed by atoms with van der Waals surface area (Å²) < 4.78 is 0. The van der Waals surface area contributed by atoms with Crippen LogP contribution in [0.2, 0.25) is 0 Å². The molecule has 0 spiro atoms. The molecule has 1 N–H and O–H groups in total. The number of aromatic amines is 1. The van der Waals surface area contributed by atoms with E-state index in [2.05, 4.69) is 9.97 Å². The zero-order chi connectivity index (χ0) is 9.14. The standard InChI is InChI=1S/C8H11ClN2O/c1-5(2)6-3-8(12)11-7(4-9)10-6/h3,5H,4H2,1-2H3,(H,10,11,12). The molecule has 1 heterocycles. The molecule has 0 saturated carbocycles. The molecule has 0 saturated heterocycles. The van der Waals surface area contributed by atoms with Gasteiger partial charge in [0.1, 0.15) is 5.82 Å². The number of alkyl halides is 1. The average Bonchev–Trinajstić information content (AvgIpc) is 2.03. The van der Waals surface area contributed by atoms with Gasteiger partial charge in [0.2, 0.25) is 0 Å².